The van der Waals surface area contributed by atoms with Crippen LogP contribution in [0.15, 0.2) is 0 Å². The molecule has 3 fully saturated rings. The highest BCUT2D eigenvalue weighted by Gasteiger charge is 2.59. The highest BCUT2D eigenvalue weighted by Crippen LogP contribution is 2.57. The molecule has 0 saturated heterocycles. The first-order valence-electron chi connectivity index (χ1n) is 15.2. The van der Waals surface area contributed by atoms with E-state index in [-0.39, 0.29) is 46.4 Å². The SMILES string of the molecule is COC(=O)[C@@H](CC1CCC(NC(=O)C2CC(Cl)CCC2Cl)CC1)NC(=O)[C@H]1CC[C@@](C)(C(=O)OC(C)(C)C)C1(C)C. The lowest BCUT2D eigenvalue weighted by Gasteiger charge is -2.40. The summed E-state index contributed by atoms with van der Waals surface area (Å²) in [5.41, 5.74) is -2.11. The number of ether oxygens (including phenoxy) is 2. The van der Waals surface area contributed by atoms with E-state index < -0.39 is 34.4 Å². The zero-order chi connectivity index (χ0) is 30.8. The Labute approximate surface area is 255 Å². The Morgan fingerprint density at radius 1 is 0.927 bits per heavy atom. The molecule has 0 spiro atoms. The van der Waals surface area contributed by atoms with E-state index in [0.717, 1.165) is 38.5 Å². The molecule has 0 aromatic rings. The van der Waals surface area contributed by atoms with Crippen LogP contribution >= 0.6 is 23.2 Å². The second-order valence-electron chi connectivity index (χ2n) is 14.2. The Hall–Kier alpha value is -1.54. The molecule has 3 aliphatic rings. The van der Waals surface area contributed by atoms with Gasteiger partial charge in [0.1, 0.15) is 11.6 Å². The van der Waals surface area contributed by atoms with E-state index >= 15 is 0 Å². The number of halogens is 2. The van der Waals surface area contributed by atoms with Gasteiger partial charge in [0.25, 0.3) is 0 Å². The van der Waals surface area contributed by atoms with Crippen molar-refractivity contribution in [1.82, 2.24) is 10.6 Å². The number of alkyl halides is 2. The molecule has 3 aliphatic carbocycles. The van der Waals surface area contributed by atoms with E-state index in [0.29, 0.717) is 25.7 Å². The van der Waals surface area contributed by atoms with Gasteiger partial charge in [-0.15, -0.1) is 23.2 Å². The number of carbonyl (C=O) groups excluding carboxylic acids is 4. The molecule has 0 aromatic heterocycles. The van der Waals surface area contributed by atoms with E-state index in [1.807, 2.05) is 41.5 Å². The quantitative estimate of drug-likeness (QED) is 0.275. The lowest BCUT2D eigenvalue weighted by molar-refractivity contribution is -0.173. The van der Waals surface area contributed by atoms with Gasteiger partial charge in [-0.2, -0.15) is 0 Å². The maximum Gasteiger partial charge on any atom is 0.328 e. The monoisotopic (exact) mass is 616 g/mol. The zero-order valence-corrected chi connectivity index (χ0v) is 27.3. The molecule has 0 bridgehead atoms. The van der Waals surface area contributed by atoms with Crippen LogP contribution in [0.5, 0.6) is 0 Å². The summed E-state index contributed by atoms with van der Waals surface area (Å²) in [7, 11) is 1.33. The smallest absolute Gasteiger partial charge is 0.328 e. The van der Waals surface area contributed by atoms with Crippen LogP contribution in [0.1, 0.15) is 106 Å². The topological polar surface area (TPSA) is 111 Å². The third-order valence-corrected chi connectivity index (χ3v) is 10.9. The van der Waals surface area contributed by atoms with E-state index in [4.69, 9.17) is 32.7 Å². The fourth-order valence-electron chi connectivity index (χ4n) is 6.88. The molecule has 0 heterocycles. The Bertz CT molecular complexity index is 974. The summed E-state index contributed by atoms with van der Waals surface area (Å²) in [6, 6.07) is -0.706. The molecular weight excluding hydrogens is 567 g/mol. The van der Waals surface area contributed by atoms with Crippen LogP contribution in [0.2, 0.25) is 0 Å². The number of methoxy groups -OCH3 is 1. The van der Waals surface area contributed by atoms with Crippen molar-refractivity contribution in [3.63, 3.8) is 0 Å². The van der Waals surface area contributed by atoms with Gasteiger partial charge in [-0.05, 0) is 103 Å². The molecule has 234 valence electrons. The Morgan fingerprint density at radius 3 is 2.15 bits per heavy atom. The number of hydrogen-bond acceptors (Lipinski definition) is 6. The van der Waals surface area contributed by atoms with Crippen molar-refractivity contribution in [3.8, 4) is 0 Å². The van der Waals surface area contributed by atoms with E-state index in [2.05, 4.69) is 10.6 Å². The maximum absolute atomic E-state index is 13.6. The lowest BCUT2D eigenvalue weighted by Crippen LogP contribution is -2.51. The first-order chi connectivity index (χ1) is 19.0. The second kappa shape index (κ2) is 13.4. The minimum atomic E-state index is -0.822. The fourth-order valence-corrected chi connectivity index (χ4v) is 7.54. The van der Waals surface area contributed by atoms with Crippen molar-refractivity contribution >= 4 is 47.0 Å². The van der Waals surface area contributed by atoms with Gasteiger partial charge < -0.3 is 20.1 Å². The Morgan fingerprint density at radius 2 is 1.56 bits per heavy atom. The third kappa shape index (κ3) is 8.10. The van der Waals surface area contributed by atoms with Crippen LogP contribution in [0.4, 0.5) is 0 Å². The molecule has 3 rings (SSSR count). The molecule has 8 nitrogen and oxygen atoms in total. The summed E-state index contributed by atoms with van der Waals surface area (Å²) >= 11 is 12.7. The second-order valence-corrected chi connectivity index (χ2v) is 15.4. The van der Waals surface area contributed by atoms with Crippen LogP contribution in [0.25, 0.3) is 0 Å². The van der Waals surface area contributed by atoms with Crippen LogP contribution in [0.3, 0.4) is 0 Å². The molecule has 0 aliphatic heterocycles. The van der Waals surface area contributed by atoms with Crippen molar-refractivity contribution in [2.45, 2.75) is 134 Å². The highest BCUT2D eigenvalue weighted by atomic mass is 35.5. The van der Waals surface area contributed by atoms with Crippen LogP contribution in [0, 0.1) is 28.6 Å². The van der Waals surface area contributed by atoms with Crippen molar-refractivity contribution in [2.75, 3.05) is 7.11 Å². The standard InChI is InChI=1S/C31H50Cl2N2O6/c1-29(2,3)41-28(39)31(6)15-14-22(30(31,4)5)26(37)35-24(27(38)40-7)16-18-8-11-20(12-9-18)34-25(36)21-17-19(32)10-13-23(21)33/h18-24H,8-17H2,1-7H3,(H,34,36)(H,35,37)/t18?,19?,20?,21?,22-,23?,24-,31+/m1/s1. The molecule has 3 unspecified atom stereocenters. The lowest BCUT2D eigenvalue weighted by atomic mass is 9.65. The van der Waals surface area contributed by atoms with Crippen LogP contribution < -0.4 is 10.6 Å². The number of esters is 2. The average Bonchev–Trinajstić information content (AvgIpc) is 3.14. The average molecular weight is 618 g/mol. The maximum atomic E-state index is 13.6. The van der Waals surface area contributed by atoms with Crippen molar-refractivity contribution in [1.29, 1.82) is 0 Å². The number of rotatable bonds is 8. The molecular formula is C31H50Cl2N2O6. The van der Waals surface area contributed by atoms with Crippen LogP contribution in [-0.2, 0) is 28.7 Å². The van der Waals surface area contributed by atoms with Gasteiger partial charge in [0, 0.05) is 22.7 Å². The predicted octanol–water partition coefficient (Wildman–Crippen LogP) is 5.51. The summed E-state index contributed by atoms with van der Waals surface area (Å²) in [6.45, 7) is 11.3. The molecule has 3 saturated carbocycles. The highest BCUT2D eigenvalue weighted by molar-refractivity contribution is 6.23. The zero-order valence-electron chi connectivity index (χ0n) is 25.8. The van der Waals surface area contributed by atoms with Gasteiger partial charge >= 0.3 is 11.9 Å². The normalized spacial score (nSPS) is 34.3. The van der Waals surface area contributed by atoms with E-state index in [9.17, 15) is 19.2 Å². The molecule has 41 heavy (non-hydrogen) atoms. The molecule has 0 aromatic carbocycles. The summed E-state index contributed by atoms with van der Waals surface area (Å²) in [4.78, 5) is 52.3. The van der Waals surface area contributed by atoms with Crippen molar-refractivity contribution < 1.29 is 28.7 Å². The Kier molecular flexibility index (Phi) is 11.1. The van der Waals surface area contributed by atoms with Gasteiger partial charge in [0.05, 0.1) is 18.4 Å². The fraction of sp³-hybridized carbons (Fsp3) is 0.871. The van der Waals surface area contributed by atoms with Gasteiger partial charge in [-0.3, -0.25) is 14.4 Å². The summed E-state index contributed by atoms with van der Waals surface area (Å²) in [5, 5.41) is 5.95. The van der Waals surface area contributed by atoms with Gasteiger partial charge in [0.2, 0.25) is 11.8 Å². The van der Waals surface area contributed by atoms with Crippen molar-refractivity contribution in [2.24, 2.45) is 28.6 Å². The largest absolute Gasteiger partial charge is 0.467 e. The molecule has 2 N–H and O–H groups in total. The number of carbonyl (C=O) groups is 4. The minimum absolute atomic E-state index is 0.0113. The van der Waals surface area contributed by atoms with Crippen LogP contribution in [-0.4, -0.2) is 59.3 Å². The Balaban J connectivity index is 1.57. The molecule has 0 radical (unpaired) electrons. The third-order valence-electron chi connectivity index (χ3n) is 10.00. The summed E-state index contributed by atoms with van der Waals surface area (Å²) in [6.07, 6.45) is 6.97. The number of amides is 2. The van der Waals surface area contributed by atoms with Gasteiger partial charge in [0.15, 0.2) is 0 Å². The molecule has 2 amide bonds. The van der Waals surface area contributed by atoms with Crippen molar-refractivity contribution in [3.05, 3.63) is 0 Å². The first-order valence-corrected chi connectivity index (χ1v) is 16.1. The minimum Gasteiger partial charge on any atom is -0.467 e. The number of nitrogens with one attached hydrogen (secondary N) is 2. The summed E-state index contributed by atoms with van der Waals surface area (Å²) < 4.78 is 10.8. The predicted molar refractivity (Wildman–Crippen MR) is 160 cm³/mol. The molecule has 10 heteroatoms. The van der Waals surface area contributed by atoms with E-state index in [1.165, 1.54) is 7.11 Å². The molecule has 6 atom stereocenters. The summed E-state index contributed by atoms with van der Waals surface area (Å²) in [5.74, 6) is -1.53. The van der Waals surface area contributed by atoms with E-state index in [1.54, 1.807) is 0 Å². The van der Waals surface area contributed by atoms with Gasteiger partial charge in [-0.1, -0.05) is 13.8 Å². The first kappa shape index (κ1) is 34.0. The number of hydrogen-bond donors (Lipinski definition) is 2. The van der Waals surface area contributed by atoms with Gasteiger partial charge in [-0.25, -0.2) is 4.79 Å².